The van der Waals surface area contributed by atoms with Gasteiger partial charge in [0.2, 0.25) is 5.91 Å². The van der Waals surface area contributed by atoms with Crippen molar-refractivity contribution in [1.29, 1.82) is 0 Å². The number of ether oxygens (including phenoxy) is 2. The molecule has 11 nitrogen and oxygen atoms in total. The van der Waals surface area contributed by atoms with Gasteiger partial charge in [-0.15, -0.1) is 0 Å². The summed E-state index contributed by atoms with van der Waals surface area (Å²) in [5.41, 5.74) is 0. The third kappa shape index (κ3) is 22.2. The normalized spacial score (nSPS) is 23.2. The fourth-order valence-electron chi connectivity index (χ4n) is 6.85. The van der Waals surface area contributed by atoms with Crippen LogP contribution in [0.15, 0.2) is 0 Å². The van der Waals surface area contributed by atoms with Crippen molar-refractivity contribution in [2.75, 3.05) is 13.2 Å². The number of carbonyl (C=O) groups excluding carboxylic acids is 1. The molecule has 8 N–H and O–H groups in total. The monoisotopic (exact) mass is 734 g/mol. The third-order valence-corrected chi connectivity index (χ3v) is 10.4. The van der Waals surface area contributed by atoms with Gasteiger partial charge in [-0.25, -0.2) is 0 Å². The minimum Gasteiger partial charge on any atom is -0.394 e. The summed E-state index contributed by atoms with van der Waals surface area (Å²) in [7, 11) is 0. The maximum absolute atomic E-state index is 13.0. The number of unbranched alkanes of at least 4 members (excludes halogenated alkanes) is 22. The van der Waals surface area contributed by atoms with E-state index in [0.29, 0.717) is 19.3 Å². The lowest BCUT2D eigenvalue weighted by Crippen LogP contribution is -2.60. The van der Waals surface area contributed by atoms with E-state index in [1.165, 1.54) is 103 Å². The number of aliphatic hydroxyl groups is 7. The standard InChI is InChI=1S/C40H79NO10/c1-3-5-7-9-11-13-15-16-18-19-21-23-25-27-32(43)35(45)31(30-50-40-38(48)37(47)36(46)34(29-42)51-40)41-39(49)33(44)28-26-24-22-20-17-14-12-10-8-6-4-2/h31-38,40,42-48H,3-30H2,1-2H3,(H,41,49). The minimum absolute atomic E-state index is 0.265. The van der Waals surface area contributed by atoms with Gasteiger partial charge in [0, 0.05) is 0 Å². The highest BCUT2D eigenvalue weighted by Gasteiger charge is 2.44. The van der Waals surface area contributed by atoms with Crippen molar-refractivity contribution < 1.29 is 50.0 Å². The maximum atomic E-state index is 13.0. The van der Waals surface area contributed by atoms with Gasteiger partial charge in [-0.1, -0.05) is 168 Å². The van der Waals surface area contributed by atoms with Crippen molar-refractivity contribution in [3.63, 3.8) is 0 Å². The van der Waals surface area contributed by atoms with E-state index in [1.807, 2.05) is 0 Å². The van der Waals surface area contributed by atoms with Gasteiger partial charge in [0.1, 0.15) is 36.6 Å². The molecule has 1 aliphatic heterocycles. The molecule has 304 valence electrons. The summed E-state index contributed by atoms with van der Waals surface area (Å²) in [6.45, 7) is 3.41. The summed E-state index contributed by atoms with van der Waals surface area (Å²) in [4.78, 5) is 13.0. The van der Waals surface area contributed by atoms with Gasteiger partial charge in [0.05, 0.1) is 25.4 Å². The highest BCUT2D eigenvalue weighted by Crippen LogP contribution is 2.23. The lowest BCUT2D eigenvalue weighted by Gasteiger charge is -2.40. The first-order chi connectivity index (χ1) is 24.7. The van der Waals surface area contributed by atoms with E-state index in [1.54, 1.807) is 0 Å². The minimum atomic E-state index is -1.65. The predicted molar refractivity (Wildman–Crippen MR) is 201 cm³/mol. The van der Waals surface area contributed by atoms with E-state index in [0.717, 1.165) is 38.5 Å². The van der Waals surface area contributed by atoms with Gasteiger partial charge in [-0.05, 0) is 12.8 Å². The fourth-order valence-corrected chi connectivity index (χ4v) is 6.85. The van der Waals surface area contributed by atoms with Gasteiger partial charge in [0.15, 0.2) is 6.29 Å². The van der Waals surface area contributed by atoms with Crippen molar-refractivity contribution in [3.8, 4) is 0 Å². The molecule has 9 atom stereocenters. The maximum Gasteiger partial charge on any atom is 0.249 e. The van der Waals surface area contributed by atoms with Crippen molar-refractivity contribution in [2.24, 2.45) is 0 Å². The topological polar surface area (TPSA) is 189 Å². The van der Waals surface area contributed by atoms with Crippen molar-refractivity contribution in [3.05, 3.63) is 0 Å². The number of hydrogen-bond acceptors (Lipinski definition) is 10. The van der Waals surface area contributed by atoms with Crippen LogP contribution in [-0.4, -0.2) is 110 Å². The molecular weight excluding hydrogens is 654 g/mol. The van der Waals surface area contributed by atoms with Crippen LogP contribution in [-0.2, 0) is 14.3 Å². The number of hydrogen-bond donors (Lipinski definition) is 8. The summed E-state index contributed by atoms with van der Waals surface area (Å²) >= 11 is 0. The van der Waals surface area contributed by atoms with Gasteiger partial charge in [0.25, 0.3) is 0 Å². The van der Waals surface area contributed by atoms with Crippen LogP contribution in [0.1, 0.15) is 181 Å². The lowest BCUT2D eigenvalue weighted by molar-refractivity contribution is -0.303. The van der Waals surface area contributed by atoms with Gasteiger partial charge < -0.3 is 50.5 Å². The molecule has 0 saturated carbocycles. The molecule has 0 radical (unpaired) electrons. The number of rotatable bonds is 34. The van der Waals surface area contributed by atoms with Crippen LogP contribution in [0.25, 0.3) is 0 Å². The Hall–Kier alpha value is -0.890. The molecule has 0 aliphatic carbocycles. The molecule has 1 heterocycles. The van der Waals surface area contributed by atoms with Crippen LogP contribution in [0, 0.1) is 0 Å². The molecule has 51 heavy (non-hydrogen) atoms. The van der Waals surface area contributed by atoms with Crippen LogP contribution in [0.4, 0.5) is 0 Å². The molecule has 0 spiro atoms. The molecule has 0 aromatic rings. The molecule has 0 aromatic carbocycles. The highest BCUT2D eigenvalue weighted by atomic mass is 16.7. The molecular formula is C40H79NO10. The van der Waals surface area contributed by atoms with E-state index in [-0.39, 0.29) is 6.42 Å². The van der Waals surface area contributed by atoms with Gasteiger partial charge >= 0.3 is 0 Å². The molecule has 1 rings (SSSR count). The Bertz CT molecular complexity index is 805. The molecule has 0 aromatic heterocycles. The Labute approximate surface area is 309 Å². The SMILES string of the molecule is CCCCCCCCCCCCCCCC(O)C(O)C(COC1OC(CO)C(O)C(O)C1O)NC(=O)C(O)CCCCCCCCCCCCC. The van der Waals surface area contributed by atoms with E-state index in [2.05, 4.69) is 19.2 Å². The van der Waals surface area contributed by atoms with Crippen molar-refractivity contribution in [1.82, 2.24) is 5.32 Å². The Balaban J connectivity index is 2.53. The smallest absolute Gasteiger partial charge is 0.249 e. The fraction of sp³-hybridized carbons (Fsp3) is 0.975. The lowest BCUT2D eigenvalue weighted by atomic mass is 9.98. The first-order valence-electron chi connectivity index (χ1n) is 20.9. The van der Waals surface area contributed by atoms with Crippen LogP contribution >= 0.6 is 0 Å². The van der Waals surface area contributed by atoms with Crippen LogP contribution in [0.2, 0.25) is 0 Å². The average molecular weight is 734 g/mol. The molecule has 0 bridgehead atoms. The van der Waals surface area contributed by atoms with E-state index >= 15 is 0 Å². The van der Waals surface area contributed by atoms with Crippen LogP contribution in [0.5, 0.6) is 0 Å². The van der Waals surface area contributed by atoms with Crippen molar-refractivity contribution in [2.45, 2.75) is 236 Å². The van der Waals surface area contributed by atoms with E-state index in [4.69, 9.17) is 9.47 Å². The summed E-state index contributed by atoms with van der Waals surface area (Å²) in [6, 6.07) is -1.16. The second-order valence-electron chi connectivity index (χ2n) is 15.1. The summed E-state index contributed by atoms with van der Waals surface area (Å²) in [5.74, 6) is -0.698. The number of aliphatic hydroxyl groups excluding tert-OH is 7. The molecule has 11 heteroatoms. The Kier molecular flexibility index (Phi) is 29.7. The number of carbonyl (C=O) groups is 1. The zero-order valence-corrected chi connectivity index (χ0v) is 32.4. The van der Waals surface area contributed by atoms with Crippen LogP contribution < -0.4 is 5.32 Å². The predicted octanol–water partition coefficient (Wildman–Crippen LogP) is 5.55. The van der Waals surface area contributed by atoms with E-state index < -0.39 is 74.2 Å². The first kappa shape index (κ1) is 48.1. The number of nitrogens with one attached hydrogen (secondary N) is 1. The summed E-state index contributed by atoms with van der Waals surface area (Å²) in [6.07, 6.45) is 17.3. The summed E-state index contributed by atoms with van der Waals surface area (Å²) < 4.78 is 11.0. The Morgan fingerprint density at radius 2 is 1.02 bits per heavy atom. The second-order valence-corrected chi connectivity index (χ2v) is 15.1. The molecule has 9 unspecified atom stereocenters. The molecule has 1 saturated heterocycles. The third-order valence-electron chi connectivity index (χ3n) is 10.4. The Morgan fingerprint density at radius 3 is 1.45 bits per heavy atom. The largest absolute Gasteiger partial charge is 0.394 e. The highest BCUT2D eigenvalue weighted by molar-refractivity contribution is 5.80. The second kappa shape index (κ2) is 31.5. The molecule has 1 amide bonds. The first-order valence-corrected chi connectivity index (χ1v) is 20.9. The summed E-state index contributed by atoms with van der Waals surface area (Å²) in [5, 5.41) is 75.3. The Morgan fingerprint density at radius 1 is 0.608 bits per heavy atom. The number of amides is 1. The van der Waals surface area contributed by atoms with Crippen LogP contribution in [0.3, 0.4) is 0 Å². The zero-order valence-electron chi connectivity index (χ0n) is 32.4. The molecule has 1 fully saturated rings. The van der Waals surface area contributed by atoms with E-state index in [9.17, 15) is 40.5 Å². The average Bonchev–Trinajstić information content (AvgIpc) is 3.13. The van der Waals surface area contributed by atoms with Crippen molar-refractivity contribution >= 4 is 5.91 Å². The molecule has 1 aliphatic rings. The van der Waals surface area contributed by atoms with Gasteiger partial charge in [-0.2, -0.15) is 0 Å². The zero-order chi connectivity index (χ0) is 37.7. The van der Waals surface area contributed by atoms with Gasteiger partial charge in [-0.3, -0.25) is 4.79 Å². The quantitative estimate of drug-likeness (QED) is 0.0390.